The molecule has 0 saturated carbocycles. The smallest absolute Gasteiger partial charge is 0.251 e. The molecule has 7 rings (SSSR count). The van der Waals surface area contributed by atoms with Crippen molar-refractivity contribution < 1.29 is 38.4 Å². The summed E-state index contributed by atoms with van der Waals surface area (Å²) in [5.74, 6) is -3.49. The zero-order valence-corrected chi connectivity index (χ0v) is 47.8. The number of aryl methyl sites for hydroxylation is 2. The van der Waals surface area contributed by atoms with Crippen LogP contribution in [0.5, 0.6) is 0 Å². The first-order chi connectivity index (χ1) is 36.4. The first kappa shape index (κ1) is 58.5. The van der Waals surface area contributed by atoms with Crippen LogP contribution in [0, 0.1) is 10.8 Å². The molecule has 3 aromatic carbocycles. The normalized spacial score (nSPS) is 22.7. The highest BCUT2D eigenvalue weighted by atomic mass is 79.9. The summed E-state index contributed by atoms with van der Waals surface area (Å²) in [5, 5.41) is 24.2. The van der Waals surface area contributed by atoms with Crippen molar-refractivity contribution in [3.8, 4) is 0 Å². The van der Waals surface area contributed by atoms with Gasteiger partial charge in [-0.2, -0.15) is 0 Å². The monoisotopic (exact) mass is 1120 g/mol. The Morgan fingerprint density at radius 1 is 0.558 bits per heavy atom. The van der Waals surface area contributed by atoms with Crippen molar-refractivity contribution in [1.29, 1.82) is 0 Å². The van der Waals surface area contributed by atoms with E-state index < -0.39 is 82.8 Å². The average Bonchev–Trinajstić information content (AvgIpc) is 4.06. The summed E-state index contributed by atoms with van der Waals surface area (Å²) in [6, 6.07) is 13.5. The molecule has 4 aliphatic rings. The molecular weight excluding hydrogens is 1040 g/mol. The van der Waals surface area contributed by atoms with Crippen LogP contribution in [0.1, 0.15) is 149 Å². The van der Waals surface area contributed by atoms with Crippen molar-refractivity contribution in [1.82, 2.24) is 52.3 Å². The molecule has 2 saturated heterocycles. The third-order valence-corrected chi connectivity index (χ3v) is 16.1. The maximum Gasteiger partial charge on any atom is 0.251 e. The van der Waals surface area contributed by atoms with Gasteiger partial charge in [0.25, 0.3) is 11.8 Å². The fraction of sp³-hybridized carbons (Fsp3) is 0.552. The van der Waals surface area contributed by atoms with Gasteiger partial charge in [-0.05, 0) is 131 Å². The van der Waals surface area contributed by atoms with Gasteiger partial charge in [0.1, 0.15) is 24.2 Å². The summed E-state index contributed by atoms with van der Waals surface area (Å²) in [6.45, 7) is 14.4. The van der Waals surface area contributed by atoms with Crippen LogP contribution in [0.2, 0.25) is 0 Å². The predicted octanol–water partition coefficient (Wildman–Crippen LogP) is 4.51. The lowest BCUT2D eigenvalue weighted by Crippen LogP contribution is -2.59. The highest BCUT2D eigenvalue weighted by Gasteiger charge is 2.48. The van der Waals surface area contributed by atoms with Crippen molar-refractivity contribution in [3.63, 3.8) is 0 Å². The molecule has 3 aromatic rings. The van der Waals surface area contributed by atoms with Gasteiger partial charge in [0.15, 0.2) is 0 Å². The molecule has 416 valence electrons. The molecule has 8 N–H and O–H groups in total. The SMILES string of the molecule is CN[C@@H](C)C(=O)N[C@H](C(=O)N1C[C@@H](NC(=O)c2cc(Br)cc(C(=O)N[C@H]3C[C@@H](C(=O)NC4CCCc5ccccc54)N(C(=O)[C@@H](NC(=O)[C@H](C)NC)C(C)(C)C)C3)c2)CC1C(=O)N[C@@H]1CCCc2ccccc21)C(C)(C)C. The molecule has 2 unspecified atom stereocenters. The highest BCUT2D eigenvalue weighted by Crippen LogP contribution is 2.34. The van der Waals surface area contributed by atoms with E-state index >= 15 is 0 Å². The molecule has 10 atom stereocenters. The van der Waals surface area contributed by atoms with Crippen molar-refractivity contribution >= 4 is 63.2 Å². The fourth-order valence-corrected chi connectivity index (χ4v) is 11.5. The summed E-state index contributed by atoms with van der Waals surface area (Å²) in [6.07, 6.45) is 5.18. The first-order valence-corrected chi connectivity index (χ1v) is 27.9. The standard InChI is InChI=1S/C58H79BrN10O8/c1-32(60-9)49(70)66-47(57(3,4)5)55(76)68-30-39(28-45(68)53(74)64-43-23-15-19-34-17-11-13-21-41(34)43)62-51(72)36-25-37(27-38(59)26-36)52(73)63-40-29-46(54(75)65-44-24-16-20-35-18-12-14-22-42(35)44)69(31-40)56(77)48(58(6,7)8)67-50(71)33(2)61-10/h11-14,17-18,21-22,25-27,32-33,39-40,43-48,60-61H,15-16,19-20,23-24,28-31H2,1-10H3,(H,62,72)(H,63,73)(H,64,74)(H,65,75)(H,66,70)(H,67,71)/t32-,33-,39-,40-,43+,44?,45?,46-,47+,48+/m0/s1. The summed E-state index contributed by atoms with van der Waals surface area (Å²) < 4.78 is 0.427. The van der Waals surface area contributed by atoms with Crippen LogP contribution in [-0.4, -0.2) is 133 Å². The van der Waals surface area contributed by atoms with E-state index in [0.29, 0.717) is 4.47 Å². The van der Waals surface area contributed by atoms with Gasteiger partial charge in [0, 0.05) is 40.8 Å². The Balaban J connectivity index is 1.10. The molecule has 18 nitrogen and oxygen atoms in total. The van der Waals surface area contributed by atoms with E-state index in [1.807, 2.05) is 77.9 Å². The summed E-state index contributed by atoms with van der Waals surface area (Å²) in [4.78, 5) is 117. The van der Waals surface area contributed by atoms with E-state index in [4.69, 9.17) is 0 Å². The molecule has 0 aromatic heterocycles. The van der Waals surface area contributed by atoms with Crippen LogP contribution in [0.3, 0.4) is 0 Å². The number of hydrogen-bond acceptors (Lipinski definition) is 10. The van der Waals surface area contributed by atoms with Crippen molar-refractivity contribution in [3.05, 3.63) is 105 Å². The number of amides is 8. The van der Waals surface area contributed by atoms with Crippen molar-refractivity contribution in [2.45, 2.75) is 167 Å². The van der Waals surface area contributed by atoms with Gasteiger partial charge in [0.05, 0.1) is 24.2 Å². The third-order valence-electron chi connectivity index (χ3n) is 15.7. The van der Waals surface area contributed by atoms with Gasteiger partial charge in [-0.1, -0.05) is 106 Å². The van der Waals surface area contributed by atoms with Gasteiger partial charge in [-0.25, -0.2) is 0 Å². The Morgan fingerprint density at radius 3 is 1.30 bits per heavy atom. The Kier molecular flexibility index (Phi) is 18.7. The van der Waals surface area contributed by atoms with Gasteiger partial charge >= 0.3 is 0 Å². The summed E-state index contributed by atoms with van der Waals surface area (Å²) in [5.41, 5.74) is 3.13. The van der Waals surface area contributed by atoms with Gasteiger partial charge in [-0.3, -0.25) is 38.4 Å². The zero-order valence-electron chi connectivity index (χ0n) is 46.2. The number of likely N-dealkylation sites (N-methyl/N-ethyl adjacent to an activating group) is 2. The van der Waals surface area contributed by atoms with E-state index in [1.54, 1.807) is 40.1 Å². The maximum atomic E-state index is 14.7. The number of halogens is 1. The number of rotatable bonds is 16. The van der Waals surface area contributed by atoms with E-state index in [0.717, 1.165) is 60.8 Å². The second-order valence-corrected chi connectivity index (χ2v) is 24.4. The molecule has 2 aliphatic carbocycles. The number of carbonyl (C=O) groups is 8. The minimum Gasteiger partial charge on any atom is -0.347 e. The first-order valence-electron chi connectivity index (χ1n) is 27.1. The van der Waals surface area contributed by atoms with Crippen molar-refractivity contribution in [2.24, 2.45) is 10.8 Å². The maximum absolute atomic E-state index is 14.7. The lowest BCUT2D eigenvalue weighted by atomic mass is 9.85. The van der Waals surface area contributed by atoms with Crippen LogP contribution in [-0.2, 0) is 41.6 Å². The van der Waals surface area contributed by atoms with Crippen LogP contribution in [0.4, 0.5) is 0 Å². The second kappa shape index (κ2) is 24.7. The van der Waals surface area contributed by atoms with E-state index in [1.165, 1.54) is 15.9 Å². The van der Waals surface area contributed by atoms with Gasteiger partial charge < -0.3 is 52.3 Å². The molecule has 2 aliphatic heterocycles. The van der Waals surface area contributed by atoms with E-state index in [-0.39, 0.29) is 72.8 Å². The molecule has 77 heavy (non-hydrogen) atoms. The Labute approximate surface area is 461 Å². The van der Waals surface area contributed by atoms with Gasteiger partial charge in [-0.15, -0.1) is 0 Å². The zero-order chi connectivity index (χ0) is 56.1. The number of benzene rings is 3. The van der Waals surface area contributed by atoms with Crippen LogP contribution in [0.15, 0.2) is 71.2 Å². The molecule has 0 bridgehead atoms. The number of carbonyl (C=O) groups excluding carboxylic acids is 8. The minimum absolute atomic E-state index is 0.0253. The quantitative estimate of drug-likeness (QED) is 0.0999. The number of likely N-dealkylation sites (tertiary alicyclic amines) is 2. The Morgan fingerprint density at radius 2 is 0.935 bits per heavy atom. The molecule has 19 heteroatoms. The van der Waals surface area contributed by atoms with Crippen LogP contribution >= 0.6 is 15.9 Å². The lowest BCUT2D eigenvalue weighted by Gasteiger charge is -2.36. The van der Waals surface area contributed by atoms with Crippen molar-refractivity contribution in [2.75, 3.05) is 27.2 Å². The number of hydrogen-bond donors (Lipinski definition) is 8. The molecule has 0 spiro atoms. The summed E-state index contributed by atoms with van der Waals surface area (Å²) in [7, 11) is 3.30. The summed E-state index contributed by atoms with van der Waals surface area (Å²) >= 11 is 3.50. The number of nitrogens with one attached hydrogen (secondary N) is 8. The lowest BCUT2D eigenvalue weighted by molar-refractivity contribution is -0.144. The fourth-order valence-electron chi connectivity index (χ4n) is 11.0. The molecular formula is C58H79BrN10O8. The topological polar surface area (TPSA) is 239 Å². The van der Waals surface area contributed by atoms with E-state index in [2.05, 4.69) is 70.6 Å². The predicted molar refractivity (Wildman–Crippen MR) is 297 cm³/mol. The highest BCUT2D eigenvalue weighted by molar-refractivity contribution is 9.10. The largest absolute Gasteiger partial charge is 0.347 e. The molecule has 0 radical (unpaired) electrons. The second-order valence-electron chi connectivity index (χ2n) is 23.5. The average molecular weight is 1120 g/mol. The Bertz CT molecular complexity index is 2540. The van der Waals surface area contributed by atoms with Crippen LogP contribution in [0.25, 0.3) is 0 Å². The molecule has 2 heterocycles. The Hall–Kier alpha value is -6.18. The van der Waals surface area contributed by atoms with Crippen LogP contribution < -0.4 is 42.5 Å². The number of nitrogens with zero attached hydrogens (tertiary/aromatic N) is 2. The third kappa shape index (κ3) is 13.9. The molecule has 2 fully saturated rings. The molecule has 8 amide bonds. The minimum atomic E-state index is -1.01. The van der Waals surface area contributed by atoms with E-state index in [9.17, 15) is 38.4 Å². The van der Waals surface area contributed by atoms with Gasteiger partial charge in [0.2, 0.25) is 35.4 Å². The number of fused-ring (bicyclic) bond motifs is 2.